The van der Waals surface area contributed by atoms with Gasteiger partial charge < -0.3 is 4.74 Å². The predicted molar refractivity (Wildman–Crippen MR) is 83.7 cm³/mol. The van der Waals surface area contributed by atoms with Gasteiger partial charge in [0, 0.05) is 15.5 Å². The lowest BCUT2D eigenvalue weighted by Crippen LogP contribution is -2.39. The molecule has 1 aromatic rings. The number of ketones is 2. The highest BCUT2D eigenvalue weighted by Gasteiger charge is 2.59. The number of fused-ring (bicyclic) bond motifs is 2. The van der Waals surface area contributed by atoms with E-state index in [1.54, 1.807) is 13.0 Å². The van der Waals surface area contributed by atoms with Crippen LogP contribution in [0.5, 0.6) is 0 Å². The van der Waals surface area contributed by atoms with Crippen LogP contribution in [0.1, 0.15) is 42.6 Å². The Morgan fingerprint density at radius 1 is 1.36 bits per heavy atom. The molecule has 2 aliphatic rings. The van der Waals surface area contributed by atoms with E-state index in [2.05, 4.69) is 22.9 Å². The monoisotopic (exact) mass is 364 g/mol. The van der Waals surface area contributed by atoms with Gasteiger partial charge in [-0.25, -0.2) is 4.79 Å². The molecule has 0 N–H and O–H groups in total. The van der Waals surface area contributed by atoms with Crippen LogP contribution in [-0.2, 0) is 19.7 Å². The first-order valence-corrected chi connectivity index (χ1v) is 8.25. The predicted octanol–water partition coefficient (Wildman–Crippen LogP) is 3.06. The number of Topliss-reactive ketones (excluding diaryl/α,β-unsaturated/α-hetero) is 2. The van der Waals surface area contributed by atoms with Gasteiger partial charge in [0.2, 0.25) is 0 Å². The second-order valence-electron chi connectivity index (χ2n) is 6.16. The Hall–Kier alpha value is -1.49. The maximum Gasteiger partial charge on any atom is 0.375 e. The molecule has 116 valence electrons. The molecule has 0 aromatic heterocycles. The van der Waals surface area contributed by atoms with E-state index in [0.29, 0.717) is 17.9 Å². The zero-order valence-electron chi connectivity index (χ0n) is 12.5. The van der Waals surface area contributed by atoms with E-state index in [-0.39, 0.29) is 17.8 Å². The normalized spacial score (nSPS) is 29.1. The van der Waals surface area contributed by atoms with Crippen LogP contribution < -0.4 is 0 Å². The van der Waals surface area contributed by atoms with Crippen molar-refractivity contribution in [3.8, 4) is 0 Å². The quantitative estimate of drug-likeness (QED) is 0.469. The summed E-state index contributed by atoms with van der Waals surface area (Å²) in [6.45, 7) is 3.90. The molecule has 3 atom stereocenters. The number of carbonyl (C=O) groups excluding carboxylic acids is 3. The SMILES string of the molecule is CCOC(=O)C(=O)C1CC2(CC2C)c2ccc(Br)cc2C1=O. The molecule has 1 aromatic carbocycles. The van der Waals surface area contributed by atoms with Crippen LogP contribution in [0.4, 0.5) is 0 Å². The Bertz CT molecular complexity index is 681. The smallest absolute Gasteiger partial charge is 0.375 e. The number of esters is 1. The first-order valence-electron chi connectivity index (χ1n) is 7.46. The Kier molecular flexibility index (Phi) is 3.71. The van der Waals surface area contributed by atoms with Crippen molar-refractivity contribution >= 4 is 33.5 Å². The molecular formula is C17H17BrO4. The number of hydrogen-bond acceptors (Lipinski definition) is 4. The number of rotatable bonds is 3. The van der Waals surface area contributed by atoms with Crippen molar-refractivity contribution in [1.82, 2.24) is 0 Å². The lowest BCUT2D eigenvalue weighted by Gasteiger charge is -2.30. The Morgan fingerprint density at radius 3 is 2.64 bits per heavy atom. The maximum absolute atomic E-state index is 12.7. The molecule has 0 aliphatic heterocycles. The van der Waals surface area contributed by atoms with Crippen molar-refractivity contribution in [2.75, 3.05) is 6.61 Å². The van der Waals surface area contributed by atoms with Gasteiger partial charge in [-0.2, -0.15) is 0 Å². The molecule has 1 spiro atoms. The van der Waals surface area contributed by atoms with Crippen molar-refractivity contribution in [2.24, 2.45) is 11.8 Å². The average molecular weight is 365 g/mol. The van der Waals surface area contributed by atoms with Crippen LogP contribution in [0.3, 0.4) is 0 Å². The lowest BCUT2D eigenvalue weighted by atomic mass is 9.71. The minimum atomic E-state index is -0.911. The minimum Gasteiger partial charge on any atom is -0.460 e. The summed E-state index contributed by atoms with van der Waals surface area (Å²) in [6.07, 6.45) is 1.36. The van der Waals surface area contributed by atoms with Gasteiger partial charge in [0.1, 0.15) is 0 Å². The van der Waals surface area contributed by atoms with E-state index in [1.807, 2.05) is 12.1 Å². The van der Waals surface area contributed by atoms with Gasteiger partial charge in [-0.3, -0.25) is 9.59 Å². The molecule has 3 unspecified atom stereocenters. The first kappa shape index (κ1) is 15.4. The Labute approximate surface area is 137 Å². The van der Waals surface area contributed by atoms with Crippen LogP contribution in [-0.4, -0.2) is 24.1 Å². The summed E-state index contributed by atoms with van der Waals surface area (Å²) in [5, 5.41) is 0. The fourth-order valence-electron chi connectivity index (χ4n) is 3.61. The zero-order valence-corrected chi connectivity index (χ0v) is 14.1. The van der Waals surface area contributed by atoms with Crippen molar-refractivity contribution in [2.45, 2.75) is 32.1 Å². The molecule has 5 heteroatoms. The van der Waals surface area contributed by atoms with E-state index < -0.39 is 17.7 Å². The molecule has 0 bridgehead atoms. The molecule has 3 rings (SSSR count). The topological polar surface area (TPSA) is 60.4 Å². The molecule has 2 aliphatic carbocycles. The van der Waals surface area contributed by atoms with Crippen LogP contribution in [0.2, 0.25) is 0 Å². The largest absolute Gasteiger partial charge is 0.460 e. The molecule has 4 nitrogen and oxygen atoms in total. The lowest BCUT2D eigenvalue weighted by molar-refractivity contribution is -0.154. The second-order valence-corrected chi connectivity index (χ2v) is 7.07. The summed E-state index contributed by atoms with van der Waals surface area (Å²) in [4.78, 5) is 36.7. The summed E-state index contributed by atoms with van der Waals surface area (Å²) in [5.74, 6) is -2.37. The van der Waals surface area contributed by atoms with Gasteiger partial charge in [0.15, 0.2) is 5.78 Å². The number of benzene rings is 1. The molecule has 0 amide bonds. The van der Waals surface area contributed by atoms with Gasteiger partial charge in [-0.1, -0.05) is 28.9 Å². The summed E-state index contributed by atoms with van der Waals surface area (Å²) < 4.78 is 5.58. The van der Waals surface area contributed by atoms with E-state index in [4.69, 9.17) is 4.74 Å². The molecule has 0 heterocycles. The van der Waals surface area contributed by atoms with Crippen molar-refractivity contribution in [3.63, 3.8) is 0 Å². The van der Waals surface area contributed by atoms with Crippen molar-refractivity contribution < 1.29 is 19.1 Å². The Balaban J connectivity index is 2.01. The highest BCUT2D eigenvalue weighted by Crippen LogP contribution is 2.61. The van der Waals surface area contributed by atoms with Crippen LogP contribution >= 0.6 is 15.9 Å². The highest BCUT2D eigenvalue weighted by atomic mass is 79.9. The van der Waals surface area contributed by atoms with Crippen LogP contribution in [0.15, 0.2) is 22.7 Å². The number of halogens is 1. The fraction of sp³-hybridized carbons (Fsp3) is 0.471. The minimum absolute atomic E-state index is 0.134. The van der Waals surface area contributed by atoms with Crippen molar-refractivity contribution in [1.29, 1.82) is 0 Å². The molecule has 22 heavy (non-hydrogen) atoms. The summed E-state index contributed by atoms with van der Waals surface area (Å²) in [7, 11) is 0. The molecular weight excluding hydrogens is 348 g/mol. The first-order chi connectivity index (χ1) is 10.4. The Morgan fingerprint density at radius 2 is 2.05 bits per heavy atom. The zero-order chi connectivity index (χ0) is 16.1. The third-order valence-electron chi connectivity index (χ3n) is 4.92. The van der Waals surface area contributed by atoms with Crippen LogP contribution in [0, 0.1) is 11.8 Å². The number of carbonyl (C=O) groups is 3. The molecule has 0 radical (unpaired) electrons. The standard InChI is InChI=1S/C17H17BrO4/c1-3-22-16(21)15(20)12-8-17(7-9(17)2)13-5-4-10(18)6-11(13)14(12)19/h4-6,9,12H,3,7-8H2,1-2H3. The fourth-order valence-corrected chi connectivity index (χ4v) is 3.97. The van der Waals surface area contributed by atoms with Gasteiger partial charge in [-0.15, -0.1) is 0 Å². The molecule has 1 fully saturated rings. The summed E-state index contributed by atoms with van der Waals surface area (Å²) in [6, 6.07) is 5.65. The number of hydrogen-bond donors (Lipinski definition) is 0. The van der Waals surface area contributed by atoms with E-state index >= 15 is 0 Å². The van der Waals surface area contributed by atoms with E-state index in [0.717, 1.165) is 16.5 Å². The molecule has 1 saturated carbocycles. The van der Waals surface area contributed by atoms with Crippen LogP contribution in [0.25, 0.3) is 0 Å². The average Bonchev–Trinajstić information content (AvgIpc) is 3.13. The van der Waals surface area contributed by atoms with E-state index in [9.17, 15) is 14.4 Å². The second kappa shape index (κ2) is 5.30. The highest BCUT2D eigenvalue weighted by molar-refractivity contribution is 9.10. The van der Waals surface area contributed by atoms with Gasteiger partial charge in [-0.05, 0) is 43.4 Å². The summed E-state index contributed by atoms with van der Waals surface area (Å²) >= 11 is 3.37. The number of ether oxygens (including phenoxy) is 1. The van der Waals surface area contributed by atoms with Gasteiger partial charge in [0.25, 0.3) is 5.78 Å². The van der Waals surface area contributed by atoms with Gasteiger partial charge >= 0.3 is 5.97 Å². The molecule has 0 saturated heterocycles. The third kappa shape index (κ3) is 2.22. The maximum atomic E-state index is 12.7. The third-order valence-corrected chi connectivity index (χ3v) is 5.41. The van der Waals surface area contributed by atoms with Crippen molar-refractivity contribution in [3.05, 3.63) is 33.8 Å². The summed E-state index contributed by atoms with van der Waals surface area (Å²) in [5.41, 5.74) is 1.44. The van der Waals surface area contributed by atoms with E-state index in [1.165, 1.54) is 0 Å². The van der Waals surface area contributed by atoms with Gasteiger partial charge in [0.05, 0.1) is 12.5 Å².